The topological polar surface area (TPSA) is 60.2 Å². The fraction of sp³-hybridized carbons (Fsp3) is 0.333. The molecule has 5 heteroatoms. The quantitative estimate of drug-likeness (QED) is 0.853. The van der Waals surface area contributed by atoms with E-state index in [1.165, 1.54) is 0 Å². The van der Waals surface area contributed by atoms with Crippen LogP contribution in [0.25, 0.3) is 0 Å². The summed E-state index contributed by atoms with van der Waals surface area (Å²) in [7, 11) is -3.59. The van der Waals surface area contributed by atoms with E-state index in [1.807, 2.05) is 13.0 Å². The number of aryl methyl sites for hydroxylation is 2. The highest BCUT2D eigenvalue weighted by molar-refractivity contribution is 9.09. The number of alkyl halides is 1. The largest absolute Gasteiger partial charge is 0.238 e. The molecule has 0 spiro atoms. The maximum Gasteiger partial charge on any atom is 0.238 e. The molecule has 1 aromatic rings. The molecule has 0 fully saturated rings. The first-order chi connectivity index (χ1) is 6.45. The van der Waals surface area contributed by atoms with Crippen LogP contribution in [0.1, 0.15) is 11.1 Å². The van der Waals surface area contributed by atoms with E-state index in [0.717, 1.165) is 16.5 Å². The molecule has 0 radical (unpaired) electrons. The van der Waals surface area contributed by atoms with Crippen LogP contribution in [0.15, 0.2) is 23.1 Å². The van der Waals surface area contributed by atoms with Crippen LogP contribution in [-0.2, 0) is 16.4 Å². The van der Waals surface area contributed by atoms with Crippen LogP contribution >= 0.6 is 15.9 Å². The normalized spacial score (nSPS) is 11.6. The molecule has 0 saturated heterocycles. The zero-order chi connectivity index (χ0) is 10.8. The molecular weight excluding hydrogens is 266 g/mol. The Morgan fingerprint density at radius 2 is 2.07 bits per heavy atom. The average Bonchev–Trinajstić information content (AvgIpc) is 2.02. The molecular formula is C9H12BrNO2S. The minimum atomic E-state index is -3.59. The van der Waals surface area contributed by atoms with Gasteiger partial charge in [0.2, 0.25) is 10.0 Å². The third-order valence-electron chi connectivity index (χ3n) is 1.89. The SMILES string of the molecule is Cc1ccc(S(N)(=O)=O)c(CCBr)c1. The molecule has 0 aliphatic heterocycles. The molecule has 1 rings (SSSR count). The Labute approximate surface area is 92.5 Å². The van der Waals surface area contributed by atoms with E-state index in [0.29, 0.717) is 6.42 Å². The van der Waals surface area contributed by atoms with Crippen LogP contribution in [0, 0.1) is 6.92 Å². The first-order valence-electron chi connectivity index (χ1n) is 4.13. The third kappa shape index (κ3) is 2.80. The van der Waals surface area contributed by atoms with Gasteiger partial charge in [0.25, 0.3) is 0 Å². The van der Waals surface area contributed by atoms with E-state index in [2.05, 4.69) is 15.9 Å². The van der Waals surface area contributed by atoms with E-state index in [-0.39, 0.29) is 4.90 Å². The molecule has 0 bridgehead atoms. The Morgan fingerprint density at radius 3 is 2.57 bits per heavy atom. The fourth-order valence-electron chi connectivity index (χ4n) is 1.28. The molecule has 0 aliphatic rings. The summed E-state index contributed by atoms with van der Waals surface area (Å²) in [6.45, 7) is 1.92. The second-order valence-corrected chi connectivity index (χ2v) is 5.42. The third-order valence-corrected chi connectivity index (χ3v) is 3.29. The Bertz CT molecular complexity index is 428. The summed E-state index contributed by atoms with van der Waals surface area (Å²) in [6.07, 6.45) is 0.660. The van der Waals surface area contributed by atoms with Crippen LogP contribution in [-0.4, -0.2) is 13.7 Å². The highest BCUT2D eigenvalue weighted by Crippen LogP contribution is 2.17. The van der Waals surface area contributed by atoms with E-state index >= 15 is 0 Å². The van der Waals surface area contributed by atoms with Crippen molar-refractivity contribution in [3.05, 3.63) is 29.3 Å². The van der Waals surface area contributed by atoms with Gasteiger partial charge in [-0.3, -0.25) is 0 Å². The fourth-order valence-corrected chi connectivity index (χ4v) is 2.49. The summed E-state index contributed by atoms with van der Waals surface area (Å²) in [5.74, 6) is 0. The van der Waals surface area contributed by atoms with Crippen LogP contribution in [0.4, 0.5) is 0 Å². The molecule has 0 atom stereocenters. The lowest BCUT2D eigenvalue weighted by atomic mass is 10.1. The summed E-state index contributed by atoms with van der Waals surface area (Å²) >= 11 is 3.28. The molecule has 1 aromatic carbocycles. The van der Waals surface area contributed by atoms with Gasteiger partial charge in [0, 0.05) is 5.33 Å². The van der Waals surface area contributed by atoms with E-state index < -0.39 is 10.0 Å². The second kappa shape index (κ2) is 4.42. The van der Waals surface area contributed by atoms with Gasteiger partial charge >= 0.3 is 0 Å². The Morgan fingerprint density at radius 1 is 1.43 bits per heavy atom. The monoisotopic (exact) mass is 277 g/mol. The number of sulfonamides is 1. The number of hydrogen-bond donors (Lipinski definition) is 1. The van der Waals surface area contributed by atoms with Crippen LogP contribution < -0.4 is 5.14 Å². The number of nitrogens with two attached hydrogens (primary N) is 1. The molecule has 0 aromatic heterocycles. The van der Waals surface area contributed by atoms with Crippen molar-refractivity contribution in [2.24, 2.45) is 5.14 Å². The van der Waals surface area contributed by atoms with Crippen molar-refractivity contribution in [2.45, 2.75) is 18.2 Å². The lowest BCUT2D eigenvalue weighted by Gasteiger charge is -2.06. The molecule has 0 saturated carbocycles. The maximum absolute atomic E-state index is 11.2. The van der Waals surface area contributed by atoms with Gasteiger partial charge in [0.15, 0.2) is 0 Å². The average molecular weight is 278 g/mol. The predicted molar refractivity (Wildman–Crippen MR) is 60.1 cm³/mol. The van der Waals surface area contributed by atoms with Crippen molar-refractivity contribution >= 4 is 26.0 Å². The van der Waals surface area contributed by atoms with Crippen molar-refractivity contribution in [3.63, 3.8) is 0 Å². The number of halogens is 1. The van der Waals surface area contributed by atoms with Crippen molar-refractivity contribution in [1.29, 1.82) is 0 Å². The predicted octanol–water partition coefficient (Wildman–Crippen LogP) is 1.58. The van der Waals surface area contributed by atoms with Gasteiger partial charge in [-0.2, -0.15) is 0 Å². The Kier molecular flexibility index (Phi) is 3.69. The standard InChI is InChI=1S/C9H12BrNO2S/c1-7-2-3-9(14(11,12)13)8(6-7)4-5-10/h2-3,6H,4-5H2,1H3,(H2,11,12,13). The molecule has 0 amide bonds. The Balaban J connectivity index is 3.29. The van der Waals surface area contributed by atoms with Gasteiger partial charge in [-0.05, 0) is 25.0 Å². The molecule has 0 heterocycles. The van der Waals surface area contributed by atoms with Crippen molar-refractivity contribution in [3.8, 4) is 0 Å². The highest BCUT2D eigenvalue weighted by atomic mass is 79.9. The van der Waals surface area contributed by atoms with Gasteiger partial charge in [0.1, 0.15) is 0 Å². The van der Waals surface area contributed by atoms with Crippen LogP contribution in [0.2, 0.25) is 0 Å². The van der Waals surface area contributed by atoms with E-state index in [9.17, 15) is 8.42 Å². The lowest BCUT2D eigenvalue weighted by molar-refractivity contribution is 0.596. The molecule has 3 nitrogen and oxygen atoms in total. The summed E-state index contributed by atoms with van der Waals surface area (Å²) < 4.78 is 22.4. The maximum atomic E-state index is 11.2. The van der Waals surface area contributed by atoms with Crippen molar-refractivity contribution < 1.29 is 8.42 Å². The highest BCUT2D eigenvalue weighted by Gasteiger charge is 2.12. The first kappa shape index (κ1) is 11.7. The number of primary sulfonamides is 1. The molecule has 0 unspecified atom stereocenters. The van der Waals surface area contributed by atoms with Gasteiger partial charge in [-0.15, -0.1) is 0 Å². The Hall–Kier alpha value is -0.390. The zero-order valence-corrected chi connectivity index (χ0v) is 10.2. The summed E-state index contributed by atoms with van der Waals surface area (Å²) in [4.78, 5) is 0.225. The molecule has 14 heavy (non-hydrogen) atoms. The molecule has 2 N–H and O–H groups in total. The van der Waals surface area contributed by atoms with Crippen molar-refractivity contribution in [2.75, 3.05) is 5.33 Å². The van der Waals surface area contributed by atoms with Crippen LogP contribution in [0.5, 0.6) is 0 Å². The van der Waals surface area contributed by atoms with Crippen LogP contribution in [0.3, 0.4) is 0 Å². The van der Waals surface area contributed by atoms with Gasteiger partial charge in [-0.1, -0.05) is 33.6 Å². The minimum absolute atomic E-state index is 0.225. The van der Waals surface area contributed by atoms with Gasteiger partial charge in [0.05, 0.1) is 4.90 Å². The second-order valence-electron chi connectivity index (χ2n) is 3.10. The summed E-state index contributed by atoms with van der Waals surface area (Å²) in [5, 5.41) is 5.82. The van der Waals surface area contributed by atoms with E-state index in [4.69, 9.17) is 5.14 Å². The number of hydrogen-bond acceptors (Lipinski definition) is 2. The number of benzene rings is 1. The first-order valence-corrected chi connectivity index (χ1v) is 6.80. The number of rotatable bonds is 3. The van der Waals surface area contributed by atoms with Crippen molar-refractivity contribution in [1.82, 2.24) is 0 Å². The smallest absolute Gasteiger partial charge is 0.225 e. The van der Waals surface area contributed by atoms with E-state index in [1.54, 1.807) is 12.1 Å². The minimum Gasteiger partial charge on any atom is -0.225 e. The van der Waals surface area contributed by atoms with Gasteiger partial charge in [-0.25, -0.2) is 13.6 Å². The zero-order valence-electron chi connectivity index (χ0n) is 7.83. The van der Waals surface area contributed by atoms with Gasteiger partial charge < -0.3 is 0 Å². The molecule has 0 aliphatic carbocycles. The summed E-state index contributed by atoms with van der Waals surface area (Å²) in [6, 6.07) is 5.15. The lowest BCUT2D eigenvalue weighted by Crippen LogP contribution is -2.14. The molecule has 78 valence electrons. The summed E-state index contributed by atoms with van der Waals surface area (Å²) in [5.41, 5.74) is 1.80.